The van der Waals surface area contributed by atoms with Gasteiger partial charge in [-0.05, 0) is 33.1 Å². The molecule has 0 aliphatic heterocycles. The van der Waals surface area contributed by atoms with Gasteiger partial charge in [0.2, 0.25) is 0 Å². The molecule has 1 aromatic rings. The summed E-state index contributed by atoms with van der Waals surface area (Å²) in [5.41, 5.74) is 6.76. The first kappa shape index (κ1) is 17.1. The maximum absolute atomic E-state index is 12.4. The topological polar surface area (TPSA) is 68.0 Å². The van der Waals surface area contributed by atoms with Gasteiger partial charge >= 0.3 is 0 Å². The zero-order chi connectivity index (χ0) is 16.0. The fourth-order valence-corrected chi connectivity index (χ4v) is 2.01. The van der Waals surface area contributed by atoms with Crippen molar-refractivity contribution in [3.05, 3.63) is 17.7 Å². The number of ether oxygens (including phenoxy) is 2. The first-order valence-electron chi connectivity index (χ1n) is 6.82. The normalized spacial score (nSPS) is 10.6. The molecule has 6 nitrogen and oxygen atoms in total. The highest BCUT2D eigenvalue weighted by atomic mass is 16.5. The van der Waals surface area contributed by atoms with Crippen LogP contribution in [0.2, 0.25) is 0 Å². The van der Waals surface area contributed by atoms with Crippen LogP contribution in [0.15, 0.2) is 12.1 Å². The molecule has 0 fully saturated rings. The van der Waals surface area contributed by atoms with Crippen molar-refractivity contribution in [1.82, 2.24) is 9.80 Å². The highest BCUT2D eigenvalue weighted by molar-refractivity contribution is 5.99. The van der Waals surface area contributed by atoms with Crippen molar-refractivity contribution in [2.45, 2.75) is 6.42 Å². The summed E-state index contributed by atoms with van der Waals surface area (Å²) in [7, 11) is 8.85. The Labute approximate surface area is 126 Å². The van der Waals surface area contributed by atoms with Crippen LogP contribution >= 0.6 is 0 Å². The molecule has 0 bridgehead atoms. The maximum atomic E-state index is 12.4. The average molecular weight is 295 g/mol. The van der Waals surface area contributed by atoms with E-state index in [1.807, 2.05) is 14.1 Å². The van der Waals surface area contributed by atoms with Gasteiger partial charge in [-0.3, -0.25) is 4.79 Å². The first-order valence-corrected chi connectivity index (χ1v) is 6.82. The van der Waals surface area contributed by atoms with E-state index in [1.165, 1.54) is 14.2 Å². The molecular formula is C15H25N3O3. The van der Waals surface area contributed by atoms with Crippen molar-refractivity contribution < 1.29 is 14.3 Å². The van der Waals surface area contributed by atoms with Crippen LogP contribution in [0.4, 0.5) is 5.69 Å². The third kappa shape index (κ3) is 4.53. The minimum atomic E-state index is -0.118. The number of nitrogens with two attached hydrogens (primary N) is 1. The van der Waals surface area contributed by atoms with E-state index in [2.05, 4.69) is 4.90 Å². The highest BCUT2D eigenvalue weighted by Crippen LogP contribution is 2.32. The van der Waals surface area contributed by atoms with E-state index in [0.29, 0.717) is 29.3 Å². The van der Waals surface area contributed by atoms with E-state index in [9.17, 15) is 4.79 Å². The molecule has 0 saturated carbocycles. The molecule has 0 saturated heterocycles. The third-order valence-corrected chi connectivity index (χ3v) is 3.23. The summed E-state index contributed by atoms with van der Waals surface area (Å²) in [6.07, 6.45) is 0.905. The van der Waals surface area contributed by atoms with Gasteiger partial charge in [-0.25, -0.2) is 0 Å². The second-order valence-electron chi connectivity index (χ2n) is 5.18. The van der Waals surface area contributed by atoms with Crippen LogP contribution in [-0.4, -0.2) is 64.2 Å². The fraction of sp³-hybridized carbons (Fsp3) is 0.533. The van der Waals surface area contributed by atoms with Crippen LogP contribution in [0.1, 0.15) is 16.8 Å². The monoisotopic (exact) mass is 295 g/mol. The number of nitrogens with zero attached hydrogens (tertiary/aromatic N) is 2. The molecule has 2 N–H and O–H groups in total. The fourth-order valence-electron chi connectivity index (χ4n) is 2.01. The molecule has 0 spiro atoms. The summed E-state index contributed by atoms with van der Waals surface area (Å²) in [6, 6.07) is 3.23. The van der Waals surface area contributed by atoms with E-state index in [1.54, 1.807) is 24.1 Å². The highest BCUT2D eigenvalue weighted by Gasteiger charge is 2.18. The molecule has 0 aromatic heterocycles. The molecule has 6 heteroatoms. The van der Waals surface area contributed by atoms with Crippen molar-refractivity contribution >= 4 is 11.6 Å². The Hall–Kier alpha value is -1.95. The molecule has 1 aromatic carbocycles. The standard InChI is InChI=1S/C15H25N3O3/c1-17(2)7-6-8-18(3)15(19)11-9-13(20-4)14(21-5)10-12(11)16/h9-10H,6-8,16H2,1-5H3. The number of methoxy groups -OCH3 is 2. The van der Waals surface area contributed by atoms with Crippen LogP contribution in [0.5, 0.6) is 11.5 Å². The zero-order valence-corrected chi connectivity index (χ0v) is 13.5. The number of benzene rings is 1. The van der Waals surface area contributed by atoms with Crippen LogP contribution in [-0.2, 0) is 0 Å². The lowest BCUT2D eigenvalue weighted by molar-refractivity contribution is 0.0791. The van der Waals surface area contributed by atoms with E-state index in [-0.39, 0.29) is 5.91 Å². The summed E-state index contributed by atoms with van der Waals surface area (Å²) in [4.78, 5) is 16.2. The lowest BCUT2D eigenvalue weighted by Crippen LogP contribution is -2.30. The second-order valence-corrected chi connectivity index (χ2v) is 5.18. The summed E-state index contributed by atoms with van der Waals surface area (Å²) in [5, 5.41) is 0. The minimum absolute atomic E-state index is 0.118. The van der Waals surface area contributed by atoms with Gasteiger partial charge in [0.05, 0.1) is 19.8 Å². The van der Waals surface area contributed by atoms with Gasteiger partial charge in [0.15, 0.2) is 11.5 Å². The number of hydrogen-bond donors (Lipinski definition) is 1. The summed E-state index contributed by atoms with van der Waals surface area (Å²) >= 11 is 0. The molecule has 0 unspecified atom stereocenters. The molecule has 0 atom stereocenters. The molecule has 21 heavy (non-hydrogen) atoms. The van der Waals surface area contributed by atoms with Crippen molar-refractivity contribution in [2.24, 2.45) is 0 Å². The van der Waals surface area contributed by atoms with Gasteiger partial charge in [0, 0.05) is 25.3 Å². The first-order chi connectivity index (χ1) is 9.90. The maximum Gasteiger partial charge on any atom is 0.255 e. The number of nitrogen functional groups attached to an aromatic ring is 1. The number of amides is 1. The Balaban J connectivity index is 2.86. The van der Waals surface area contributed by atoms with Gasteiger partial charge < -0.3 is 25.0 Å². The molecular weight excluding hydrogens is 270 g/mol. The largest absolute Gasteiger partial charge is 0.493 e. The second kappa shape index (κ2) is 7.73. The number of rotatable bonds is 7. The van der Waals surface area contributed by atoms with Crippen LogP contribution < -0.4 is 15.2 Å². The molecule has 1 rings (SSSR count). The Bertz CT molecular complexity index is 489. The molecule has 0 aliphatic carbocycles. The summed E-state index contributed by atoms with van der Waals surface area (Å²) in [5.74, 6) is 0.894. The van der Waals surface area contributed by atoms with Gasteiger partial charge in [-0.15, -0.1) is 0 Å². The molecule has 0 heterocycles. The van der Waals surface area contributed by atoms with Crippen molar-refractivity contribution in [2.75, 3.05) is 54.2 Å². The van der Waals surface area contributed by atoms with Crippen molar-refractivity contribution in [3.63, 3.8) is 0 Å². The van der Waals surface area contributed by atoms with Gasteiger partial charge in [0.1, 0.15) is 0 Å². The molecule has 0 radical (unpaired) electrons. The average Bonchev–Trinajstić information content (AvgIpc) is 2.45. The zero-order valence-electron chi connectivity index (χ0n) is 13.5. The SMILES string of the molecule is COc1cc(N)c(C(=O)N(C)CCCN(C)C)cc1OC. The minimum Gasteiger partial charge on any atom is -0.493 e. The molecule has 0 aliphatic rings. The van der Waals surface area contributed by atoms with Gasteiger partial charge in [-0.1, -0.05) is 0 Å². The Morgan fingerprint density at radius 2 is 1.67 bits per heavy atom. The van der Waals surface area contributed by atoms with Crippen molar-refractivity contribution in [3.8, 4) is 11.5 Å². The van der Waals surface area contributed by atoms with E-state index >= 15 is 0 Å². The Morgan fingerprint density at radius 3 is 2.19 bits per heavy atom. The summed E-state index contributed by atoms with van der Waals surface area (Å²) in [6.45, 7) is 1.60. The smallest absolute Gasteiger partial charge is 0.255 e. The quantitative estimate of drug-likeness (QED) is 0.768. The van der Waals surface area contributed by atoms with E-state index < -0.39 is 0 Å². The van der Waals surface area contributed by atoms with Crippen LogP contribution in [0.25, 0.3) is 0 Å². The van der Waals surface area contributed by atoms with Gasteiger partial charge in [0.25, 0.3) is 5.91 Å². The number of carbonyl (C=O) groups excluding carboxylic acids is 1. The lowest BCUT2D eigenvalue weighted by atomic mass is 10.1. The predicted octanol–water partition coefficient (Wildman–Crippen LogP) is 1.31. The van der Waals surface area contributed by atoms with Crippen LogP contribution in [0.3, 0.4) is 0 Å². The Morgan fingerprint density at radius 1 is 1.10 bits per heavy atom. The third-order valence-electron chi connectivity index (χ3n) is 3.23. The van der Waals surface area contributed by atoms with E-state index in [4.69, 9.17) is 15.2 Å². The van der Waals surface area contributed by atoms with Crippen molar-refractivity contribution in [1.29, 1.82) is 0 Å². The number of carbonyl (C=O) groups is 1. The predicted molar refractivity (Wildman–Crippen MR) is 84.1 cm³/mol. The lowest BCUT2D eigenvalue weighted by Gasteiger charge is -2.20. The molecule has 1 amide bonds. The van der Waals surface area contributed by atoms with E-state index in [0.717, 1.165) is 13.0 Å². The number of anilines is 1. The summed E-state index contributed by atoms with van der Waals surface area (Å²) < 4.78 is 10.4. The Kier molecular flexibility index (Phi) is 6.30. The van der Waals surface area contributed by atoms with Crippen LogP contribution in [0, 0.1) is 0 Å². The number of hydrogen-bond acceptors (Lipinski definition) is 5. The molecule has 118 valence electrons. The van der Waals surface area contributed by atoms with Gasteiger partial charge in [-0.2, -0.15) is 0 Å².